The lowest BCUT2D eigenvalue weighted by Crippen LogP contribution is -2.36. The summed E-state index contributed by atoms with van der Waals surface area (Å²) in [5, 5.41) is 0. The summed E-state index contributed by atoms with van der Waals surface area (Å²) in [6.45, 7) is 5.64. The summed E-state index contributed by atoms with van der Waals surface area (Å²) >= 11 is 0. The van der Waals surface area contributed by atoms with Crippen LogP contribution in [0.5, 0.6) is 0 Å². The lowest BCUT2D eigenvalue weighted by molar-refractivity contribution is -0.0736. The number of rotatable bonds is 7. The van der Waals surface area contributed by atoms with Crippen LogP contribution in [0.3, 0.4) is 0 Å². The Morgan fingerprint density at radius 1 is 1.06 bits per heavy atom. The van der Waals surface area contributed by atoms with Crippen LogP contribution in [0, 0.1) is 0 Å². The third-order valence-electron chi connectivity index (χ3n) is 3.05. The molecule has 3 atom stereocenters. The Morgan fingerprint density at radius 3 is 2.50 bits per heavy atom. The van der Waals surface area contributed by atoms with Gasteiger partial charge in [-0.1, -0.05) is 20.3 Å². The van der Waals surface area contributed by atoms with Gasteiger partial charge in [0.15, 0.2) is 0 Å². The molecule has 0 heterocycles. The van der Waals surface area contributed by atoms with E-state index in [2.05, 4.69) is 13.8 Å². The van der Waals surface area contributed by atoms with E-state index in [1.165, 1.54) is 0 Å². The number of unbranched alkanes of at least 4 members (excludes halogenated alkanes) is 1. The highest BCUT2D eigenvalue weighted by molar-refractivity contribution is 4.81. The quantitative estimate of drug-likeness (QED) is 0.626. The molecule has 96 valence electrons. The molecule has 1 fully saturated rings. The molecule has 1 aliphatic rings. The highest BCUT2D eigenvalue weighted by Gasteiger charge is 2.31. The average molecular weight is 232 g/mol. The van der Waals surface area contributed by atoms with E-state index >= 15 is 0 Å². The first-order valence-corrected chi connectivity index (χ1v) is 6.65. The second-order valence-electron chi connectivity index (χ2n) is 4.58. The highest BCUT2D eigenvalue weighted by atomic mass is 19.1. The van der Waals surface area contributed by atoms with Crippen LogP contribution in [-0.2, 0) is 9.47 Å². The zero-order valence-electron chi connectivity index (χ0n) is 10.6. The molecular weight excluding hydrogens is 207 g/mol. The molecule has 0 aromatic carbocycles. The average Bonchev–Trinajstić information content (AvgIpc) is 2.29. The van der Waals surface area contributed by atoms with Crippen LogP contribution in [0.25, 0.3) is 0 Å². The number of hydrogen-bond donors (Lipinski definition) is 0. The normalized spacial score (nSPS) is 30.6. The van der Waals surface area contributed by atoms with Crippen molar-refractivity contribution in [2.45, 2.75) is 70.8 Å². The zero-order valence-corrected chi connectivity index (χ0v) is 10.6. The molecule has 0 spiro atoms. The van der Waals surface area contributed by atoms with Gasteiger partial charge in [-0.25, -0.2) is 4.39 Å². The van der Waals surface area contributed by atoms with Crippen LogP contribution in [-0.4, -0.2) is 31.6 Å². The molecule has 2 nitrogen and oxygen atoms in total. The second kappa shape index (κ2) is 8.02. The smallest absolute Gasteiger partial charge is 0.129 e. The predicted octanol–water partition coefficient (Wildman–Crippen LogP) is 3.49. The van der Waals surface area contributed by atoms with Crippen LogP contribution in [0.1, 0.15) is 52.4 Å². The first kappa shape index (κ1) is 13.9. The molecule has 0 amide bonds. The van der Waals surface area contributed by atoms with Crippen molar-refractivity contribution in [2.24, 2.45) is 0 Å². The maximum Gasteiger partial charge on any atom is 0.129 e. The van der Waals surface area contributed by atoms with Gasteiger partial charge in [0.2, 0.25) is 0 Å². The van der Waals surface area contributed by atoms with E-state index in [-0.39, 0.29) is 12.2 Å². The molecule has 0 saturated heterocycles. The molecule has 0 bridgehead atoms. The van der Waals surface area contributed by atoms with Gasteiger partial charge in [-0.3, -0.25) is 0 Å². The van der Waals surface area contributed by atoms with E-state index in [1.807, 2.05) is 0 Å². The lowest BCUT2D eigenvalue weighted by Gasteiger charge is -2.31. The Balaban J connectivity index is 2.18. The molecular formula is C13H25FO2. The Kier molecular flexibility index (Phi) is 6.97. The zero-order chi connectivity index (χ0) is 11.8. The molecule has 0 aliphatic heterocycles. The summed E-state index contributed by atoms with van der Waals surface area (Å²) in [6.07, 6.45) is 4.48. The molecule has 3 unspecified atom stereocenters. The van der Waals surface area contributed by atoms with Crippen molar-refractivity contribution < 1.29 is 13.9 Å². The monoisotopic (exact) mass is 232 g/mol. The van der Waals surface area contributed by atoms with E-state index in [0.717, 1.165) is 38.7 Å². The fraction of sp³-hybridized carbons (Fsp3) is 1.00. The molecule has 3 heteroatoms. The summed E-state index contributed by atoms with van der Waals surface area (Å²) in [7, 11) is 0. The van der Waals surface area contributed by atoms with E-state index in [9.17, 15) is 4.39 Å². The van der Waals surface area contributed by atoms with Gasteiger partial charge >= 0.3 is 0 Å². The van der Waals surface area contributed by atoms with Gasteiger partial charge in [-0.2, -0.15) is 0 Å². The van der Waals surface area contributed by atoms with Crippen LogP contribution in [0.2, 0.25) is 0 Å². The van der Waals surface area contributed by atoms with Gasteiger partial charge in [0.1, 0.15) is 6.17 Å². The minimum atomic E-state index is -0.840. The minimum absolute atomic E-state index is 0.112. The Labute approximate surface area is 98.5 Å². The third kappa shape index (κ3) is 4.79. The third-order valence-corrected chi connectivity index (χ3v) is 3.05. The first-order chi connectivity index (χ1) is 7.77. The van der Waals surface area contributed by atoms with Crippen molar-refractivity contribution in [3.05, 3.63) is 0 Å². The molecule has 0 aromatic rings. The largest absolute Gasteiger partial charge is 0.378 e. The van der Waals surface area contributed by atoms with Crippen molar-refractivity contribution in [1.29, 1.82) is 0 Å². The van der Waals surface area contributed by atoms with E-state index in [4.69, 9.17) is 9.47 Å². The lowest BCUT2D eigenvalue weighted by atomic mass is 9.93. The Morgan fingerprint density at radius 2 is 1.88 bits per heavy atom. The Bertz CT molecular complexity index is 175. The van der Waals surface area contributed by atoms with Crippen LogP contribution in [0.4, 0.5) is 4.39 Å². The molecule has 0 radical (unpaired) electrons. The van der Waals surface area contributed by atoms with E-state index in [0.29, 0.717) is 13.0 Å². The number of halogens is 1. The van der Waals surface area contributed by atoms with Crippen molar-refractivity contribution in [2.75, 3.05) is 13.2 Å². The molecule has 16 heavy (non-hydrogen) atoms. The van der Waals surface area contributed by atoms with Crippen LogP contribution >= 0.6 is 0 Å². The molecule has 1 saturated carbocycles. The number of alkyl halides is 1. The molecule has 0 N–H and O–H groups in total. The van der Waals surface area contributed by atoms with Crippen molar-refractivity contribution in [3.63, 3.8) is 0 Å². The summed E-state index contributed by atoms with van der Waals surface area (Å²) < 4.78 is 24.9. The molecule has 1 aliphatic carbocycles. The van der Waals surface area contributed by atoms with E-state index in [1.54, 1.807) is 0 Å². The van der Waals surface area contributed by atoms with Crippen molar-refractivity contribution in [1.82, 2.24) is 0 Å². The molecule has 1 rings (SSSR count). The number of ether oxygens (including phenoxy) is 2. The summed E-state index contributed by atoms with van der Waals surface area (Å²) in [5.74, 6) is 0. The van der Waals surface area contributed by atoms with Gasteiger partial charge in [0.25, 0.3) is 0 Å². The second-order valence-corrected chi connectivity index (χ2v) is 4.58. The summed E-state index contributed by atoms with van der Waals surface area (Å²) in [4.78, 5) is 0. The standard InChI is InChI=1S/C13H25FO2/c1-3-5-9-16-13-7-6-11(10-12(13)14)15-8-4-2/h11-13H,3-10H2,1-2H3. The maximum absolute atomic E-state index is 13.7. The SMILES string of the molecule is CCCCOC1CCC(OCCC)CC1F. The number of hydrogen-bond acceptors (Lipinski definition) is 2. The van der Waals surface area contributed by atoms with Crippen molar-refractivity contribution >= 4 is 0 Å². The first-order valence-electron chi connectivity index (χ1n) is 6.65. The molecule has 0 aromatic heterocycles. The fourth-order valence-electron chi connectivity index (χ4n) is 2.05. The van der Waals surface area contributed by atoms with Gasteiger partial charge < -0.3 is 9.47 Å². The fourth-order valence-corrected chi connectivity index (χ4v) is 2.05. The highest BCUT2D eigenvalue weighted by Crippen LogP contribution is 2.26. The van der Waals surface area contributed by atoms with Gasteiger partial charge in [-0.15, -0.1) is 0 Å². The van der Waals surface area contributed by atoms with Crippen LogP contribution < -0.4 is 0 Å². The van der Waals surface area contributed by atoms with Crippen LogP contribution in [0.15, 0.2) is 0 Å². The van der Waals surface area contributed by atoms with Gasteiger partial charge in [-0.05, 0) is 25.7 Å². The maximum atomic E-state index is 13.7. The Hall–Kier alpha value is -0.150. The van der Waals surface area contributed by atoms with Crippen molar-refractivity contribution in [3.8, 4) is 0 Å². The topological polar surface area (TPSA) is 18.5 Å². The van der Waals surface area contributed by atoms with Gasteiger partial charge in [0.05, 0.1) is 12.2 Å². The minimum Gasteiger partial charge on any atom is -0.378 e. The van der Waals surface area contributed by atoms with E-state index < -0.39 is 6.17 Å². The summed E-state index contributed by atoms with van der Waals surface area (Å²) in [6, 6.07) is 0. The summed E-state index contributed by atoms with van der Waals surface area (Å²) in [5.41, 5.74) is 0. The van der Waals surface area contributed by atoms with Gasteiger partial charge in [0, 0.05) is 19.6 Å². The predicted molar refractivity (Wildman–Crippen MR) is 63.4 cm³/mol.